The normalized spacial score (nSPS) is 18.4. The Balaban J connectivity index is 2.10. The van der Waals surface area contributed by atoms with Crippen LogP contribution in [0.4, 0.5) is 8.78 Å². The second-order valence-corrected chi connectivity index (χ2v) is 5.44. The zero-order chi connectivity index (χ0) is 15.4. The molecule has 0 N–H and O–H groups in total. The van der Waals surface area contributed by atoms with E-state index in [9.17, 15) is 13.6 Å². The smallest absolute Gasteiger partial charge is 0.222 e. The average molecular weight is 296 g/mol. The fourth-order valence-electron chi connectivity index (χ4n) is 2.89. The van der Waals surface area contributed by atoms with Gasteiger partial charge in [0.25, 0.3) is 0 Å². The van der Waals surface area contributed by atoms with Gasteiger partial charge in [-0.2, -0.15) is 0 Å². The van der Waals surface area contributed by atoms with Gasteiger partial charge in [-0.3, -0.25) is 9.69 Å². The van der Waals surface area contributed by atoms with Gasteiger partial charge in [0.2, 0.25) is 5.91 Å². The summed E-state index contributed by atoms with van der Waals surface area (Å²) in [7, 11) is 0. The Bertz CT molecular complexity index is 487. The van der Waals surface area contributed by atoms with Gasteiger partial charge < -0.3 is 4.90 Å². The van der Waals surface area contributed by atoms with E-state index < -0.39 is 11.6 Å². The lowest BCUT2D eigenvalue weighted by atomic mass is 10.1. The van der Waals surface area contributed by atoms with Crippen LogP contribution >= 0.6 is 0 Å². The predicted molar refractivity (Wildman–Crippen MR) is 77.8 cm³/mol. The fraction of sp³-hybridized carbons (Fsp3) is 0.562. The Morgan fingerprint density at radius 3 is 2.48 bits per heavy atom. The SMILES string of the molecule is CCC(=O)N1CCCN(C(C)c2c(F)cccc2F)CC1. The van der Waals surface area contributed by atoms with Crippen molar-refractivity contribution in [2.24, 2.45) is 0 Å². The number of hydrogen-bond donors (Lipinski definition) is 0. The largest absolute Gasteiger partial charge is 0.341 e. The highest BCUT2D eigenvalue weighted by Gasteiger charge is 2.25. The molecule has 3 nitrogen and oxygen atoms in total. The molecule has 1 unspecified atom stereocenters. The van der Waals surface area contributed by atoms with Crippen LogP contribution in [-0.2, 0) is 4.79 Å². The summed E-state index contributed by atoms with van der Waals surface area (Å²) < 4.78 is 27.8. The summed E-state index contributed by atoms with van der Waals surface area (Å²) in [5.41, 5.74) is 0.118. The Labute approximate surface area is 124 Å². The molecular formula is C16H22F2N2O. The second kappa shape index (κ2) is 6.98. The van der Waals surface area contributed by atoms with E-state index in [1.165, 1.54) is 18.2 Å². The third kappa shape index (κ3) is 3.59. The molecule has 116 valence electrons. The number of benzene rings is 1. The minimum atomic E-state index is -0.506. The van der Waals surface area contributed by atoms with Gasteiger partial charge in [-0.25, -0.2) is 8.78 Å². The van der Waals surface area contributed by atoms with Crippen molar-refractivity contribution in [3.05, 3.63) is 35.4 Å². The van der Waals surface area contributed by atoms with Crippen LogP contribution in [0.15, 0.2) is 18.2 Å². The van der Waals surface area contributed by atoms with Gasteiger partial charge in [-0.15, -0.1) is 0 Å². The minimum Gasteiger partial charge on any atom is -0.341 e. The monoisotopic (exact) mass is 296 g/mol. The van der Waals surface area contributed by atoms with E-state index in [1.54, 1.807) is 0 Å². The van der Waals surface area contributed by atoms with Crippen molar-refractivity contribution in [3.8, 4) is 0 Å². The first kappa shape index (κ1) is 15.9. The minimum absolute atomic E-state index is 0.118. The predicted octanol–water partition coefficient (Wildman–Crippen LogP) is 2.97. The van der Waals surface area contributed by atoms with Crippen LogP contribution in [-0.4, -0.2) is 41.9 Å². The molecular weight excluding hydrogens is 274 g/mol. The number of nitrogens with zero attached hydrogens (tertiary/aromatic N) is 2. The van der Waals surface area contributed by atoms with Crippen LogP contribution in [0.5, 0.6) is 0 Å². The summed E-state index contributed by atoms with van der Waals surface area (Å²) in [6.45, 7) is 6.38. The van der Waals surface area contributed by atoms with E-state index in [-0.39, 0.29) is 17.5 Å². The molecule has 1 atom stereocenters. The van der Waals surface area contributed by atoms with Crippen LogP contribution in [0.25, 0.3) is 0 Å². The quantitative estimate of drug-likeness (QED) is 0.856. The Kier molecular flexibility index (Phi) is 5.28. The summed E-state index contributed by atoms with van der Waals surface area (Å²) in [6, 6.07) is 3.63. The Morgan fingerprint density at radius 1 is 1.19 bits per heavy atom. The van der Waals surface area contributed by atoms with E-state index in [0.717, 1.165) is 19.5 Å². The van der Waals surface area contributed by atoms with Gasteiger partial charge in [0.05, 0.1) is 0 Å². The van der Waals surface area contributed by atoms with Gasteiger partial charge >= 0.3 is 0 Å². The van der Waals surface area contributed by atoms with Crippen molar-refractivity contribution in [1.82, 2.24) is 9.80 Å². The van der Waals surface area contributed by atoms with Crippen LogP contribution in [0.3, 0.4) is 0 Å². The molecule has 0 radical (unpaired) electrons. The molecule has 21 heavy (non-hydrogen) atoms. The van der Waals surface area contributed by atoms with Crippen molar-refractivity contribution in [3.63, 3.8) is 0 Å². The highest BCUT2D eigenvalue weighted by atomic mass is 19.1. The zero-order valence-corrected chi connectivity index (χ0v) is 12.6. The molecule has 0 spiro atoms. The number of halogens is 2. The van der Waals surface area contributed by atoms with Crippen molar-refractivity contribution in [1.29, 1.82) is 0 Å². The van der Waals surface area contributed by atoms with Gasteiger partial charge in [-0.05, 0) is 25.5 Å². The third-order valence-corrected chi connectivity index (χ3v) is 4.15. The Hall–Kier alpha value is -1.49. The molecule has 0 aromatic heterocycles. The summed E-state index contributed by atoms with van der Waals surface area (Å²) in [5, 5.41) is 0. The van der Waals surface area contributed by atoms with Gasteiger partial charge in [0, 0.05) is 44.2 Å². The summed E-state index contributed by atoms with van der Waals surface area (Å²) in [5.74, 6) is -0.872. The molecule has 1 aliphatic heterocycles. The maximum Gasteiger partial charge on any atom is 0.222 e. The zero-order valence-electron chi connectivity index (χ0n) is 12.6. The number of carbonyl (C=O) groups is 1. The molecule has 0 aliphatic carbocycles. The molecule has 1 amide bonds. The van der Waals surface area contributed by atoms with Crippen LogP contribution < -0.4 is 0 Å². The van der Waals surface area contributed by atoms with Crippen molar-refractivity contribution in [2.75, 3.05) is 26.2 Å². The van der Waals surface area contributed by atoms with E-state index in [4.69, 9.17) is 0 Å². The topological polar surface area (TPSA) is 23.6 Å². The molecule has 1 aliphatic rings. The molecule has 1 aromatic carbocycles. The summed E-state index contributed by atoms with van der Waals surface area (Å²) in [4.78, 5) is 15.6. The molecule has 0 bridgehead atoms. The molecule has 1 fully saturated rings. The average Bonchev–Trinajstić information content (AvgIpc) is 2.72. The van der Waals surface area contributed by atoms with E-state index in [0.29, 0.717) is 19.5 Å². The van der Waals surface area contributed by atoms with E-state index >= 15 is 0 Å². The summed E-state index contributed by atoms with van der Waals surface area (Å²) >= 11 is 0. The molecule has 5 heteroatoms. The first-order chi connectivity index (χ1) is 10.0. The number of hydrogen-bond acceptors (Lipinski definition) is 2. The van der Waals surface area contributed by atoms with E-state index in [2.05, 4.69) is 0 Å². The van der Waals surface area contributed by atoms with Crippen molar-refractivity contribution in [2.45, 2.75) is 32.7 Å². The van der Waals surface area contributed by atoms with Gasteiger partial charge in [-0.1, -0.05) is 13.0 Å². The fourth-order valence-corrected chi connectivity index (χ4v) is 2.89. The van der Waals surface area contributed by atoms with Crippen molar-refractivity contribution < 1.29 is 13.6 Å². The first-order valence-electron chi connectivity index (χ1n) is 7.50. The van der Waals surface area contributed by atoms with Crippen LogP contribution in [0.2, 0.25) is 0 Å². The standard InChI is InChI=1S/C16H22F2N2O/c1-3-15(21)20-9-5-8-19(10-11-20)12(2)16-13(17)6-4-7-14(16)18/h4,6-7,12H,3,5,8-11H2,1-2H3. The lowest BCUT2D eigenvalue weighted by molar-refractivity contribution is -0.130. The van der Waals surface area contributed by atoms with Crippen LogP contribution in [0.1, 0.15) is 38.3 Å². The highest BCUT2D eigenvalue weighted by molar-refractivity contribution is 5.75. The first-order valence-corrected chi connectivity index (χ1v) is 7.50. The maximum atomic E-state index is 13.9. The lowest BCUT2D eigenvalue weighted by Gasteiger charge is -2.28. The third-order valence-electron chi connectivity index (χ3n) is 4.15. The van der Waals surface area contributed by atoms with E-state index in [1.807, 2.05) is 23.6 Å². The number of rotatable bonds is 3. The maximum absolute atomic E-state index is 13.9. The molecule has 1 saturated heterocycles. The Morgan fingerprint density at radius 2 is 1.86 bits per heavy atom. The molecule has 0 saturated carbocycles. The summed E-state index contributed by atoms with van der Waals surface area (Å²) in [6.07, 6.45) is 1.32. The lowest BCUT2D eigenvalue weighted by Crippen LogP contribution is -2.35. The van der Waals surface area contributed by atoms with Gasteiger partial charge in [0.1, 0.15) is 11.6 Å². The molecule has 2 rings (SSSR count). The highest BCUT2D eigenvalue weighted by Crippen LogP contribution is 2.26. The second-order valence-electron chi connectivity index (χ2n) is 5.44. The van der Waals surface area contributed by atoms with Crippen molar-refractivity contribution >= 4 is 5.91 Å². The number of amides is 1. The molecule has 1 aromatic rings. The van der Waals surface area contributed by atoms with Crippen LogP contribution in [0, 0.1) is 11.6 Å². The van der Waals surface area contributed by atoms with Gasteiger partial charge in [0.15, 0.2) is 0 Å². The number of carbonyl (C=O) groups excluding carboxylic acids is 1. The molecule has 1 heterocycles.